The zero-order valence-electron chi connectivity index (χ0n) is 35.2. The molecule has 1 aliphatic heterocycles. The average molecular weight is 834 g/mol. The van der Waals surface area contributed by atoms with E-state index in [0.717, 1.165) is 52.1 Å². The minimum atomic E-state index is -0.671. The van der Waals surface area contributed by atoms with Crippen LogP contribution in [0.15, 0.2) is 24.8 Å². The Labute approximate surface area is 347 Å². The summed E-state index contributed by atoms with van der Waals surface area (Å²) < 4.78 is 5.69. The number of hydrogen-bond acceptors (Lipinski definition) is 13. The number of carbonyl (C=O) groups excluding carboxylic acids is 6. The van der Waals surface area contributed by atoms with Gasteiger partial charge in [-0.25, -0.2) is 19.9 Å². The molecule has 1 fully saturated rings. The molecule has 23 nitrogen and oxygen atoms in total. The van der Waals surface area contributed by atoms with Gasteiger partial charge in [-0.05, 0) is 40.0 Å². The molecule has 0 bridgehead atoms. The highest BCUT2D eigenvalue weighted by Gasteiger charge is 2.23. The van der Waals surface area contributed by atoms with Crippen LogP contribution in [0.25, 0.3) is 0 Å². The van der Waals surface area contributed by atoms with Gasteiger partial charge in [0.05, 0.1) is 6.54 Å². The lowest BCUT2D eigenvalue weighted by Crippen LogP contribution is -2.47. The van der Waals surface area contributed by atoms with E-state index in [1.54, 1.807) is 47.2 Å². The lowest BCUT2D eigenvalue weighted by atomic mass is 10.2. The fraction of sp³-hybridized carbons (Fsp3) is 0.514. The minimum Gasteiger partial charge on any atom is -0.356 e. The standard InChI is InChI=1S/C37H55N17O6/c1-8-13-53-15-17-54(18-16-53)14-9-11-38-28(55)10-12-39-34(57)30-42-25(20-49(30)4)45-36(59)32-44-27(22-51(32)6)47-37(60)33-43-26(21-52(33)7)46-35(58)31-41-24(19-50(31)5)40-29(56)23-48(2)3/h19-22H,8-18,23H2,1-7H3,(H,38,55)(H,39,57)(H,40,56)(H,45,59)(H,46,58)(H,47,60). The third-order valence-corrected chi connectivity index (χ3v) is 9.39. The Kier molecular flexibility index (Phi) is 15.2. The molecule has 1 aliphatic rings. The summed E-state index contributed by atoms with van der Waals surface area (Å²) in [7, 11) is 9.82. The molecular formula is C37H55N17O6. The summed E-state index contributed by atoms with van der Waals surface area (Å²) in [5.74, 6) is -2.62. The van der Waals surface area contributed by atoms with Crippen molar-refractivity contribution < 1.29 is 28.8 Å². The maximum Gasteiger partial charge on any atom is 0.292 e. The first-order chi connectivity index (χ1) is 28.6. The molecule has 6 amide bonds. The monoisotopic (exact) mass is 833 g/mol. The van der Waals surface area contributed by atoms with Crippen molar-refractivity contribution in [1.82, 2.24) is 63.5 Å². The fourth-order valence-electron chi connectivity index (χ4n) is 6.48. The molecule has 4 aromatic heterocycles. The van der Waals surface area contributed by atoms with Crippen molar-refractivity contribution in [3.05, 3.63) is 48.1 Å². The number of aromatic nitrogens is 8. The number of anilines is 4. The molecule has 1 saturated heterocycles. The summed E-state index contributed by atoms with van der Waals surface area (Å²) in [5, 5.41) is 16.0. The van der Waals surface area contributed by atoms with Crippen molar-refractivity contribution in [2.24, 2.45) is 28.2 Å². The van der Waals surface area contributed by atoms with Crippen molar-refractivity contribution in [1.29, 1.82) is 0 Å². The third kappa shape index (κ3) is 12.3. The van der Waals surface area contributed by atoms with Crippen LogP contribution in [0.1, 0.15) is 68.7 Å². The van der Waals surface area contributed by atoms with Crippen molar-refractivity contribution in [3.8, 4) is 0 Å². The molecule has 0 atom stereocenters. The molecule has 0 radical (unpaired) electrons. The van der Waals surface area contributed by atoms with Gasteiger partial charge in [0, 0.05) is 98.7 Å². The topological polar surface area (TPSA) is 256 Å². The van der Waals surface area contributed by atoms with Gasteiger partial charge < -0.3 is 64.9 Å². The van der Waals surface area contributed by atoms with E-state index in [-0.39, 0.29) is 77.9 Å². The zero-order valence-corrected chi connectivity index (χ0v) is 35.2. The van der Waals surface area contributed by atoms with Crippen LogP contribution >= 0.6 is 0 Å². The molecule has 60 heavy (non-hydrogen) atoms. The number of imidazole rings is 4. The maximum atomic E-state index is 13.2. The Bertz CT molecular complexity index is 2170. The van der Waals surface area contributed by atoms with Crippen molar-refractivity contribution in [2.75, 3.05) is 94.3 Å². The second-order valence-electron chi connectivity index (χ2n) is 14.8. The van der Waals surface area contributed by atoms with Crippen LogP contribution in [-0.2, 0) is 37.8 Å². The van der Waals surface area contributed by atoms with E-state index >= 15 is 0 Å². The van der Waals surface area contributed by atoms with Crippen LogP contribution < -0.4 is 31.9 Å². The van der Waals surface area contributed by atoms with Crippen molar-refractivity contribution >= 4 is 58.7 Å². The highest BCUT2D eigenvalue weighted by atomic mass is 16.2. The second kappa shape index (κ2) is 20.5. The first kappa shape index (κ1) is 44.6. The smallest absolute Gasteiger partial charge is 0.292 e. The summed E-state index contributed by atoms with van der Waals surface area (Å²) in [6, 6.07) is 0. The van der Waals surface area contributed by atoms with E-state index in [0.29, 0.717) is 6.54 Å². The van der Waals surface area contributed by atoms with Gasteiger partial charge in [-0.15, -0.1) is 0 Å². The van der Waals surface area contributed by atoms with E-state index in [2.05, 4.69) is 68.6 Å². The van der Waals surface area contributed by atoms with Gasteiger partial charge in [-0.1, -0.05) is 6.92 Å². The lowest BCUT2D eigenvalue weighted by molar-refractivity contribution is -0.121. The Morgan fingerprint density at radius 3 is 1.37 bits per heavy atom. The van der Waals surface area contributed by atoms with Crippen LogP contribution in [0.5, 0.6) is 0 Å². The number of carbonyl (C=O) groups is 6. The predicted molar refractivity (Wildman–Crippen MR) is 222 cm³/mol. The van der Waals surface area contributed by atoms with Gasteiger partial charge in [-0.2, -0.15) is 0 Å². The summed E-state index contributed by atoms with van der Waals surface area (Å²) in [5.41, 5.74) is 0. The van der Waals surface area contributed by atoms with Crippen molar-refractivity contribution in [3.63, 3.8) is 0 Å². The zero-order chi connectivity index (χ0) is 43.5. The third-order valence-electron chi connectivity index (χ3n) is 9.39. The Hall–Kier alpha value is -6.46. The molecule has 0 spiro atoms. The molecule has 0 saturated carbocycles. The Morgan fingerprint density at radius 2 is 0.950 bits per heavy atom. The van der Waals surface area contributed by atoms with E-state index in [4.69, 9.17) is 0 Å². The normalized spacial score (nSPS) is 13.3. The molecule has 0 aliphatic carbocycles. The number of amides is 6. The average Bonchev–Trinajstić information content (AvgIpc) is 3.95. The van der Waals surface area contributed by atoms with E-state index < -0.39 is 23.6 Å². The molecule has 324 valence electrons. The second-order valence-corrected chi connectivity index (χ2v) is 14.8. The Morgan fingerprint density at radius 1 is 0.550 bits per heavy atom. The van der Waals surface area contributed by atoms with Crippen LogP contribution in [0, 0.1) is 0 Å². The molecule has 6 N–H and O–H groups in total. The summed E-state index contributed by atoms with van der Waals surface area (Å²) in [6.07, 6.45) is 7.95. The number of likely N-dealkylation sites (N-methyl/N-ethyl adjacent to an activating group) is 1. The van der Waals surface area contributed by atoms with E-state index in [9.17, 15) is 28.8 Å². The highest BCUT2D eigenvalue weighted by Crippen LogP contribution is 2.16. The first-order valence-corrected chi connectivity index (χ1v) is 19.6. The molecule has 23 heteroatoms. The number of rotatable bonds is 19. The first-order valence-electron chi connectivity index (χ1n) is 19.6. The summed E-state index contributed by atoms with van der Waals surface area (Å²) >= 11 is 0. The predicted octanol–water partition coefficient (Wildman–Crippen LogP) is -0.469. The molecule has 0 unspecified atom stereocenters. The molecule has 0 aromatic carbocycles. The Balaban J connectivity index is 1.06. The van der Waals surface area contributed by atoms with E-state index in [1.165, 1.54) is 43.1 Å². The fourth-order valence-corrected chi connectivity index (χ4v) is 6.48. The van der Waals surface area contributed by atoms with Crippen LogP contribution in [-0.4, -0.2) is 161 Å². The highest BCUT2D eigenvalue weighted by molar-refractivity contribution is 6.05. The van der Waals surface area contributed by atoms with Gasteiger partial charge >= 0.3 is 0 Å². The van der Waals surface area contributed by atoms with Gasteiger partial charge in [0.25, 0.3) is 23.6 Å². The summed E-state index contributed by atoms with van der Waals surface area (Å²) in [6.45, 7) is 9.33. The van der Waals surface area contributed by atoms with E-state index in [1.807, 2.05) is 0 Å². The lowest BCUT2D eigenvalue weighted by Gasteiger charge is -2.34. The van der Waals surface area contributed by atoms with Crippen LogP contribution in [0.2, 0.25) is 0 Å². The number of nitrogens with zero attached hydrogens (tertiary/aromatic N) is 11. The summed E-state index contributed by atoms with van der Waals surface area (Å²) in [4.78, 5) is 100. The molecule has 4 aromatic rings. The van der Waals surface area contributed by atoms with Gasteiger partial charge in [0.2, 0.25) is 35.1 Å². The van der Waals surface area contributed by atoms with Crippen LogP contribution in [0.4, 0.5) is 23.3 Å². The van der Waals surface area contributed by atoms with Gasteiger partial charge in [0.15, 0.2) is 23.3 Å². The van der Waals surface area contributed by atoms with Gasteiger partial charge in [0.1, 0.15) is 0 Å². The number of hydrogen-bond donors (Lipinski definition) is 6. The molecular weight excluding hydrogens is 779 g/mol. The molecule has 5 rings (SSSR count). The minimum absolute atomic E-state index is 0.000750. The van der Waals surface area contributed by atoms with Gasteiger partial charge in [-0.3, -0.25) is 28.8 Å². The quantitative estimate of drug-likeness (QED) is 0.0655. The number of piperazine rings is 1. The van der Waals surface area contributed by atoms with Crippen LogP contribution in [0.3, 0.4) is 0 Å². The number of aryl methyl sites for hydroxylation is 4. The maximum absolute atomic E-state index is 13.2. The number of nitrogens with one attached hydrogen (secondary N) is 6. The SMILES string of the molecule is CCCN1CCN(CCCNC(=O)CCNC(=O)c2nc(NC(=O)c3nc(NC(=O)c4nc(NC(=O)c5nc(NC(=O)CN(C)C)cn5C)cn4C)cn3C)cn2C)CC1. The largest absolute Gasteiger partial charge is 0.356 e. The molecule has 5 heterocycles. The van der Waals surface area contributed by atoms with Crippen molar-refractivity contribution in [2.45, 2.75) is 26.2 Å².